The molecular weight excluding hydrogens is 262 g/mol. The Morgan fingerprint density at radius 1 is 1.53 bits per heavy atom. The van der Waals surface area contributed by atoms with Gasteiger partial charge in [-0.05, 0) is 6.07 Å². The first-order valence-corrected chi connectivity index (χ1v) is 6.80. The summed E-state index contributed by atoms with van der Waals surface area (Å²) in [5.74, 6) is 5.51. The second-order valence-corrected chi connectivity index (χ2v) is 5.16. The molecule has 0 aliphatic carbocycles. The van der Waals surface area contributed by atoms with Crippen molar-refractivity contribution in [2.45, 2.75) is 0 Å². The van der Waals surface area contributed by atoms with Crippen molar-refractivity contribution < 1.29 is 9.59 Å². The highest BCUT2D eigenvalue weighted by Crippen LogP contribution is 2.16. The van der Waals surface area contributed by atoms with Crippen LogP contribution < -0.4 is 5.73 Å². The Balaban J connectivity index is 2.07. The molecule has 0 spiro atoms. The first kappa shape index (κ1) is 13.6. The van der Waals surface area contributed by atoms with Gasteiger partial charge in [0.15, 0.2) is 0 Å². The molecule has 2 N–H and O–H groups in total. The van der Waals surface area contributed by atoms with Crippen LogP contribution in [0.4, 0.5) is 0 Å². The lowest BCUT2D eigenvalue weighted by Gasteiger charge is -2.31. The van der Waals surface area contributed by atoms with E-state index in [9.17, 15) is 9.59 Å². The fourth-order valence-corrected chi connectivity index (χ4v) is 2.52. The van der Waals surface area contributed by atoms with Gasteiger partial charge in [-0.15, -0.1) is 11.3 Å². The molecule has 6 heteroatoms. The van der Waals surface area contributed by atoms with Gasteiger partial charge in [0.05, 0.1) is 17.0 Å². The monoisotopic (exact) mass is 277 g/mol. The third kappa shape index (κ3) is 3.13. The Labute approximate surface area is 116 Å². The summed E-state index contributed by atoms with van der Waals surface area (Å²) in [6.45, 7) is 1.60. The number of piperazine rings is 1. The van der Waals surface area contributed by atoms with Crippen molar-refractivity contribution in [3.63, 3.8) is 0 Å². The van der Waals surface area contributed by atoms with Gasteiger partial charge in [0.25, 0.3) is 5.91 Å². The first-order valence-electron chi connectivity index (χ1n) is 5.92. The van der Waals surface area contributed by atoms with Gasteiger partial charge in [-0.1, -0.05) is 11.8 Å². The number of carbonyl (C=O) groups is 2. The topological polar surface area (TPSA) is 66.6 Å². The Morgan fingerprint density at radius 2 is 2.32 bits per heavy atom. The number of carbonyl (C=O) groups excluding carboxylic acids is 2. The SMILES string of the molecule is CN1CCN(C(=O)c2csc(C#CCN)c2)CC1=O. The van der Waals surface area contributed by atoms with Crippen molar-refractivity contribution in [3.8, 4) is 11.8 Å². The van der Waals surface area contributed by atoms with Crippen LogP contribution in [0.1, 0.15) is 15.2 Å². The predicted octanol–water partition coefficient (Wildman–Crippen LogP) is -0.0275. The molecule has 0 bridgehead atoms. The van der Waals surface area contributed by atoms with E-state index in [0.717, 1.165) is 4.88 Å². The Hall–Kier alpha value is -1.84. The van der Waals surface area contributed by atoms with Crippen molar-refractivity contribution in [1.82, 2.24) is 9.80 Å². The molecular formula is C13H15N3O2S. The average Bonchev–Trinajstić information content (AvgIpc) is 2.87. The third-order valence-electron chi connectivity index (χ3n) is 2.90. The molecule has 0 saturated carbocycles. The van der Waals surface area contributed by atoms with E-state index in [-0.39, 0.29) is 18.4 Å². The fraction of sp³-hybridized carbons (Fsp3) is 0.385. The summed E-state index contributed by atoms with van der Waals surface area (Å²) in [5, 5.41) is 1.77. The standard InChI is InChI=1S/C13H15N3O2S/c1-15-5-6-16(8-12(15)17)13(18)10-7-11(19-9-10)3-2-4-14/h7,9H,4-6,8,14H2,1H3. The number of nitrogens with two attached hydrogens (primary N) is 1. The van der Waals surface area contributed by atoms with Gasteiger partial charge >= 0.3 is 0 Å². The minimum absolute atomic E-state index is 0.0297. The lowest BCUT2D eigenvalue weighted by Crippen LogP contribution is -2.50. The Bertz CT molecular complexity index is 556. The minimum Gasteiger partial charge on any atom is -0.342 e. The molecule has 1 aromatic rings. The summed E-state index contributed by atoms with van der Waals surface area (Å²) >= 11 is 1.41. The number of nitrogens with zero attached hydrogens (tertiary/aromatic N) is 2. The highest BCUT2D eigenvalue weighted by Gasteiger charge is 2.25. The quantitative estimate of drug-likeness (QED) is 0.733. The fourth-order valence-electron chi connectivity index (χ4n) is 1.77. The van der Waals surface area contributed by atoms with E-state index in [4.69, 9.17) is 5.73 Å². The van der Waals surface area contributed by atoms with Crippen molar-refractivity contribution in [3.05, 3.63) is 21.9 Å². The average molecular weight is 277 g/mol. The smallest absolute Gasteiger partial charge is 0.255 e. The van der Waals surface area contributed by atoms with Gasteiger partial charge in [-0.25, -0.2) is 0 Å². The van der Waals surface area contributed by atoms with Crippen LogP contribution in [-0.4, -0.2) is 54.8 Å². The number of amides is 2. The van der Waals surface area contributed by atoms with Crippen LogP contribution in [0.3, 0.4) is 0 Å². The van der Waals surface area contributed by atoms with Gasteiger partial charge in [0.2, 0.25) is 5.91 Å². The molecule has 1 saturated heterocycles. The third-order valence-corrected chi connectivity index (χ3v) is 3.75. The van der Waals surface area contributed by atoms with E-state index in [1.165, 1.54) is 11.3 Å². The molecule has 2 heterocycles. The lowest BCUT2D eigenvalue weighted by molar-refractivity contribution is -0.133. The van der Waals surface area contributed by atoms with Crippen LogP contribution in [0.15, 0.2) is 11.4 Å². The van der Waals surface area contributed by atoms with E-state index < -0.39 is 0 Å². The number of likely N-dealkylation sites (N-methyl/N-ethyl adjacent to an activating group) is 1. The minimum atomic E-state index is -0.113. The molecule has 1 aliphatic rings. The van der Waals surface area contributed by atoms with E-state index >= 15 is 0 Å². The van der Waals surface area contributed by atoms with Crippen molar-refractivity contribution in [2.75, 3.05) is 33.2 Å². The van der Waals surface area contributed by atoms with Crippen LogP contribution >= 0.6 is 11.3 Å². The van der Waals surface area contributed by atoms with Gasteiger partial charge in [0, 0.05) is 25.5 Å². The van der Waals surface area contributed by atoms with Crippen LogP contribution in [0, 0.1) is 11.8 Å². The van der Waals surface area contributed by atoms with Gasteiger partial charge in [-0.3, -0.25) is 9.59 Å². The molecule has 0 aromatic carbocycles. The van der Waals surface area contributed by atoms with E-state index in [0.29, 0.717) is 25.2 Å². The highest BCUT2D eigenvalue weighted by molar-refractivity contribution is 7.10. The molecule has 1 fully saturated rings. The van der Waals surface area contributed by atoms with Gasteiger partial charge < -0.3 is 15.5 Å². The largest absolute Gasteiger partial charge is 0.342 e. The second kappa shape index (κ2) is 5.87. The maximum atomic E-state index is 12.2. The lowest BCUT2D eigenvalue weighted by atomic mass is 10.2. The molecule has 0 unspecified atom stereocenters. The summed E-state index contributed by atoms with van der Waals surface area (Å²) in [5.41, 5.74) is 5.89. The summed E-state index contributed by atoms with van der Waals surface area (Å²) in [6, 6.07) is 1.75. The molecule has 2 amide bonds. The zero-order valence-corrected chi connectivity index (χ0v) is 11.5. The van der Waals surface area contributed by atoms with Crippen molar-refractivity contribution in [2.24, 2.45) is 5.73 Å². The zero-order valence-electron chi connectivity index (χ0n) is 10.7. The highest BCUT2D eigenvalue weighted by atomic mass is 32.1. The summed E-state index contributed by atoms with van der Waals surface area (Å²) in [6.07, 6.45) is 0. The Kier molecular flexibility index (Phi) is 4.20. The van der Waals surface area contributed by atoms with Crippen LogP contribution in [0.5, 0.6) is 0 Å². The van der Waals surface area contributed by atoms with Gasteiger partial charge in [0.1, 0.15) is 6.54 Å². The maximum Gasteiger partial charge on any atom is 0.255 e. The van der Waals surface area contributed by atoms with E-state index in [1.807, 2.05) is 0 Å². The van der Waals surface area contributed by atoms with Crippen molar-refractivity contribution >= 4 is 23.2 Å². The normalized spacial score (nSPS) is 15.2. The summed E-state index contributed by atoms with van der Waals surface area (Å²) < 4.78 is 0. The number of hydrogen-bond donors (Lipinski definition) is 1. The summed E-state index contributed by atoms with van der Waals surface area (Å²) in [7, 11) is 1.75. The molecule has 1 aliphatic heterocycles. The van der Waals surface area contributed by atoms with Crippen LogP contribution in [-0.2, 0) is 4.79 Å². The Morgan fingerprint density at radius 3 is 3.00 bits per heavy atom. The van der Waals surface area contributed by atoms with Gasteiger partial charge in [-0.2, -0.15) is 0 Å². The van der Waals surface area contributed by atoms with Crippen molar-refractivity contribution in [1.29, 1.82) is 0 Å². The molecule has 0 atom stereocenters. The number of thiophene rings is 1. The molecule has 100 valence electrons. The van der Waals surface area contributed by atoms with E-state index in [2.05, 4.69) is 11.8 Å². The maximum absolute atomic E-state index is 12.2. The zero-order chi connectivity index (χ0) is 13.8. The second-order valence-electron chi connectivity index (χ2n) is 4.25. The summed E-state index contributed by atoms with van der Waals surface area (Å²) in [4.78, 5) is 27.8. The molecule has 5 nitrogen and oxygen atoms in total. The first-order chi connectivity index (χ1) is 9.11. The molecule has 1 aromatic heterocycles. The molecule has 2 rings (SSSR count). The number of rotatable bonds is 1. The molecule has 0 radical (unpaired) electrons. The van der Waals surface area contributed by atoms with Crippen LogP contribution in [0.2, 0.25) is 0 Å². The predicted molar refractivity (Wildman–Crippen MR) is 73.8 cm³/mol. The van der Waals surface area contributed by atoms with Crippen LogP contribution in [0.25, 0.3) is 0 Å². The number of hydrogen-bond acceptors (Lipinski definition) is 4. The molecule has 19 heavy (non-hydrogen) atoms. The van der Waals surface area contributed by atoms with E-state index in [1.54, 1.807) is 28.3 Å².